The van der Waals surface area contributed by atoms with Gasteiger partial charge >= 0.3 is 0 Å². The van der Waals surface area contributed by atoms with Crippen molar-refractivity contribution in [1.29, 1.82) is 0 Å². The summed E-state index contributed by atoms with van der Waals surface area (Å²) in [4.78, 5) is 4.98. The van der Waals surface area contributed by atoms with Crippen molar-refractivity contribution in [3.63, 3.8) is 0 Å². The molecule has 2 atom stereocenters. The summed E-state index contributed by atoms with van der Waals surface area (Å²) in [6.45, 7) is 12.9. The Balaban J connectivity index is 0.00000512. The van der Waals surface area contributed by atoms with E-state index in [1.807, 2.05) is 0 Å². The third kappa shape index (κ3) is 10.4. The van der Waals surface area contributed by atoms with E-state index in [1.165, 1.54) is 5.56 Å². The van der Waals surface area contributed by atoms with Crippen LogP contribution < -0.4 is 16.0 Å². The summed E-state index contributed by atoms with van der Waals surface area (Å²) >= 11 is 0. The molecule has 1 fully saturated rings. The molecule has 1 aromatic rings. The Hall–Kier alpha value is -0.900. The highest BCUT2D eigenvalue weighted by atomic mass is 127. The van der Waals surface area contributed by atoms with Crippen molar-refractivity contribution in [2.24, 2.45) is 16.8 Å². The van der Waals surface area contributed by atoms with Crippen LogP contribution in [0.2, 0.25) is 0 Å². The molecule has 0 bridgehead atoms. The summed E-state index contributed by atoms with van der Waals surface area (Å²) in [5.74, 6) is 1.92. The largest absolute Gasteiger partial charge is 0.396 e. The molecule has 1 aromatic carbocycles. The molecule has 1 aliphatic heterocycles. The number of ether oxygens (including phenoxy) is 1. The topological polar surface area (TPSA) is 77.9 Å². The van der Waals surface area contributed by atoms with Crippen LogP contribution in [-0.2, 0) is 4.74 Å². The molecule has 0 saturated carbocycles. The Morgan fingerprint density at radius 1 is 1.12 bits per heavy atom. The molecule has 32 heavy (non-hydrogen) atoms. The number of benzene rings is 1. The van der Waals surface area contributed by atoms with Gasteiger partial charge in [-0.3, -0.25) is 4.99 Å². The van der Waals surface area contributed by atoms with Crippen molar-refractivity contribution in [2.45, 2.75) is 65.0 Å². The number of aliphatic imine (C=N–C) groups is 1. The highest BCUT2D eigenvalue weighted by molar-refractivity contribution is 14.0. The van der Waals surface area contributed by atoms with Crippen molar-refractivity contribution >= 4 is 29.9 Å². The molecule has 0 spiro atoms. The van der Waals surface area contributed by atoms with Gasteiger partial charge in [-0.25, -0.2) is 0 Å². The van der Waals surface area contributed by atoms with Crippen LogP contribution in [0.5, 0.6) is 0 Å². The van der Waals surface area contributed by atoms with E-state index in [4.69, 9.17) is 9.73 Å². The molecular formula is C25H45IN4O2. The Kier molecular flexibility index (Phi) is 14.4. The van der Waals surface area contributed by atoms with E-state index < -0.39 is 0 Å². The molecule has 1 aliphatic rings. The number of hydrogen-bond donors (Lipinski definition) is 4. The van der Waals surface area contributed by atoms with Crippen molar-refractivity contribution in [3.05, 3.63) is 35.9 Å². The maximum atomic E-state index is 9.41. The van der Waals surface area contributed by atoms with Crippen LogP contribution in [0.4, 0.5) is 0 Å². The molecule has 1 heterocycles. The lowest BCUT2D eigenvalue weighted by Gasteiger charge is -2.39. The lowest BCUT2D eigenvalue weighted by atomic mass is 9.88. The number of hydrogen-bond acceptors (Lipinski definition) is 4. The summed E-state index contributed by atoms with van der Waals surface area (Å²) in [7, 11) is 0. The SMILES string of the molecule is CCNC(=NCC1(NC(C)c2ccccc2)CCOCC1)NCC(CCO)CC(C)C.I. The van der Waals surface area contributed by atoms with E-state index in [0.29, 0.717) is 18.4 Å². The van der Waals surface area contributed by atoms with E-state index in [2.05, 4.69) is 74.0 Å². The molecule has 2 rings (SSSR count). The van der Waals surface area contributed by atoms with Crippen LogP contribution in [0, 0.1) is 11.8 Å². The highest BCUT2D eigenvalue weighted by Gasteiger charge is 2.34. The minimum atomic E-state index is -0.0711. The average molecular weight is 561 g/mol. The second-order valence-corrected chi connectivity index (χ2v) is 9.25. The lowest BCUT2D eigenvalue weighted by molar-refractivity contribution is 0.0374. The Bertz CT molecular complexity index is 636. The summed E-state index contributed by atoms with van der Waals surface area (Å²) in [6, 6.07) is 10.9. The van der Waals surface area contributed by atoms with Gasteiger partial charge in [0.1, 0.15) is 0 Å². The molecule has 4 N–H and O–H groups in total. The van der Waals surface area contributed by atoms with Gasteiger partial charge in [-0.2, -0.15) is 0 Å². The van der Waals surface area contributed by atoms with E-state index >= 15 is 0 Å². The summed E-state index contributed by atoms with van der Waals surface area (Å²) < 4.78 is 5.67. The second kappa shape index (κ2) is 15.9. The third-order valence-corrected chi connectivity index (χ3v) is 6.06. The summed E-state index contributed by atoms with van der Waals surface area (Å²) in [5, 5.41) is 20.2. The molecule has 6 nitrogen and oxygen atoms in total. The van der Waals surface area contributed by atoms with Crippen molar-refractivity contribution in [2.75, 3.05) is 39.5 Å². The van der Waals surface area contributed by atoms with Crippen molar-refractivity contribution in [1.82, 2.24) is 16.0 Å². The first-order chi connectivity index (χ1) is 15.0. The number of guanidine groups is 1. The van der Waals surface area contributed by atoms with Gasteiger partial charge < -0.3 is 25.8 Å². The molecule has 7 heteroatoms. The predicted octanol–water partition coefficient (Wildman–Crippen LogP) is 4.10. The van der Waals surface area contributed by atoms with Crippen molar-refractivity contribution in [3.8, 4) is 0 Å². The van der Waals surface area contributed by atoms with Crippen molar-refractivity contribution < 1.29 is 9.84 Å². The number of halogens is 1. The quantitative estimate of drug-likeness (QED) is 0.176. The molecule has 0 radical (unpaired) electrons. The van der Waals surface area contributed by atoms with Gasteiger partial charge in [0, 0.05) is 44.5 Å². The first-order valence-electron chi connectivity index (χ1n) is 12.0. The van der Waals surface area contributed by atoms with Crippen LogP contribution in [0.25, 0.3) is 0 Å². The maximum absolute atomic E-state index is 9.41. The Morgan fingerprint density at radius 2 is 1.81 bits per heavy atom. The Labute approximate surface area is 212 Å². The standard InChI is InChI=1S/C25H44N4O2.HI/c1-5-26-24(27-18-22(11-14-30)17-20(2)3)28-19-25(12-15-31-16-13-25)29-21(4)23-9-7-6-8-10-23;/h6-10,20-22,29-30H,5,11-19H2,1-4H3,(H2,26,27,28);1H. The zero-order chi connectivity index (χ0) is 22.5. The van der Waals surface area contributed by atoms with E-state index in [9.17, 15) is 5.11 Å². The van der Waals surface area contributed by atoms with Crippen LogP contribution in [0.1, 0.15) is 65.0 Å². The minimum Gasteiger partial charge on any atom is -0.396 e. The zero-order valence-electron chi connectivity index (χ0n) is 20.4. The van der Waals surface area contributed by atoms with Gasteiger partial charge in [0.2, 0.25) is 0 Å². The molecular weight excluding hydrogens is 515 g/mol. The number of aliphatic hydroxyl groups excluding tert-OH is 1. The normalized spacial score (nSPS) is 18.0. The average Bonchev–Trinajstić information content (AvgIpc) is 2.76. The summed E-state index contributed by atoms with van der Waals surface area (Å²) in [5.41, 5.74) is 1.22. The summed E-state index contributed by atoms with van der Waals surface area (Å²) in [6.07, 6.45) is 3.83. The molecule has 0 aliphatic carbocycles. The van der Waals surface area contributed by atoms with E-state index in [-0.39, 0.29) is 42.2 Å². The fourth-order valence-electron chi connectivity index (χ4n) is 4.36. The van der Waals surface area contributed by atoms with Gasteiger partial charge in [-0.1, -0.05) is 44.2 Å². The molecule has 184 valence electrons. The van der Waals surface area contributed by atoms with Crippen LogP contribution in [-0.4, -0.2) is 56.1 Å². The smallest absolute Gasteiger partial charge is 0.191 e. The van der Waals surface area contributed by atoms with E-state index in [1.54, 1.807) is 0 Å². The van der Waals surface area contributed by atoms with Gasteiger partial charge in [0.25, 0.3) is 0 Å². The first-order valence-corrected chi connectivity index (χ1v) is 12.0. The van der Waals surface area contributed by atoms with Gasteiger partial charge in [0.05, 0.1) is 6.54 Å². The fraction of sp³-hybridized carbons (Fsp3) is 0.720. The second-order valence-electron chi connectivity index (χ2n) is 9.25. The number of nitrogens with one attached hydrogen (secondary N) is 3. The molecule has 1 saturated heterocycles. The lowest BCUT2D eigenvalue weighted by Crippen LogP contribution is -2.53. The van der Waals surface area contributed by atoms with Crippen LogP contribution >= 0.6 is 24.0 Å². The van der Waals surface area contributed by atoms with Gasteiger partial charge in [-0.15, -0.1) is 24.0 Å². The number of rotatable bonds is 12. The molecule has 0 aromatic heterocycles. The first kappa shape index (κ1) is 29.1. The Morgan fingerprint density at radius 3 is 2.41 bits per heavy atom. The number of aliphatic hydroxyl groups is 1. The molecule has 2 unspecified atom stereocenters. The third-order valence-electron chi connectivity index (χ3n) is 6.06. The zero-order valence-corrected chi connectivity index (χ0v) is 22.7. The van der Waals surface area contributed by atoms with Gasteiger partial charge in [0.15, 0.2) is 5.96 Å². The maximum Gasteiger partial charge on any atom is 0.191 e. The number of nitrogens with zero attached hydrogens (tertiary/aromatic N) is 1. The van der Waals surface area contributed by atoms with E-state index in [0.717, 1.165) is 57.9 Å². The monoisotopic (exact) mass is 560 g/mol. The minimum absolute atomic E-state index is 0. The fourth-order valence-corrected chi connectivity index (χ4v) is 4.36. The predicted molar refractivity (Wildman–Crippen MR) is 145 cm³/mol. The van der Waals surface area contributed by atoms with Crippen LogP contribution in [0.15, 0.2) is 35.3 Å². The highest BCUT2D eigenvalue weighted by Crippen LogP contribution is 2.26. The molecule has 0 amide bonds. The van der Waals surface area contributed by atoms with Gasteiger partial charge in [-0.05, 0) is 56.9 Å². The van der Waals surface area contributed by atoms with Crippen LogP contribution in [0.3, 0.4) is 0 Å².